The van der Waals surface area contributed by atoms with Crippen LogP contribution in [0.5, 0.6) is 0 Å². The van der Waals surface area contributed by atoms with Crippen molar-refractivity contribution in [2.75, 3.05) is 18.8 Å². The largest absolute Gasteiger partial charge is 0.289 e. The predicted molar refractivity (Wildman–Crippen MR) is 128 cm³/mol. The first-order chi connectivity index (χ1) is 16.1. The van der Waals surface area contributed by atoms with Crippen LogP contribution in [0.2, 0.25) is 10.0 Å². The second-order valence-corrected chi connectivity index (χ2v) is 11.6. The Morgan fingerprint density at radius 1 is 0.912 bits per heavy atom. The van der Waals surface area contributed by atoms with Crippen LogP contribution in [0.3, 0.4) is 0 Å². The molecule has 0 aliphatic carbocycles. The van der Waals surface area contributed by atoms with Crippen molar-refractivity contribution >= 4 is 33.0 Å². The van der Waals surface area contributed by atoms with Gasteiger partial charge in [0.1, 0.15) is 11.6 Å². The van der Waals surface area contributed by atoms with Crippen LogP contribution >= 0.6 is 23.2 Å². The Labute approximate surface area is 207 Å². The SMILES string of the molecule is N#CC1(CS(=O)(=O)Cc2cc(F)cc(F)c2)CN(C(c2ccc(Cl)cc2)c2ccc(Cl)cc2)C1. The third-order valence-corrected chi connectivity index (χ3v) is 8.06. The lowest BCUT2D eigenvalue weighted by Gasteiger charge is -2.49. The van der Waals surface area contributed by atoms with Crippen LogP contribution in [0.15, 0.2) is 66.7 Å². The molecule has 1 saturated heterocycles. The zero-order valence-corrected chi connectivity index (χ0v) is 20.2. The molecule has 34 heavy (non-hydrogen) atoms. The third-order valence-electron chi connectivity index (χ3n) is 5.79. The van der Waals surface area contributed by atoms with Gasteiger partial charge in [-0.25, -0.2) is 17.2 Å². The zero-order chi connectivity index (χ0) is 24.5. The Morgan fingerprint density at radius 2 is 1.38 bits per heavy atom. The summed E-state index contributed by atoms with van der Waals surface area (Å²) in [6.07, 6.45) is 0. The molecule has 3 aromatic carbocycles. The van der Waals surface area contributed by atoms with Crippen LogP contribution in [-0.4, -0.2) is 32.2 Å². The van der Waals surface area contributed by atoms with Crippen molar-refractivity contribution in [2.45, 2.75) is 11.8 Å². The molecule has 0 atom stereocenters. The van der Waals surface area contributed by atoms with Crippen molar-refractivity contribution in [2.24, 2.45) is 5.41 Å². The van der Waals surface area contributed by atoms with Crippen molar-refractivity contribution in [1.82, 2.24) is 4.90 Å². The fourth-order valence-corrected chi connectivity index (χ4v) is 6.55. The number of nitrogens with zero attached hydrogens (tertiary/aromatic N) is 2. The molecule has 1 fully saturated rings. The predicted octanol–water partition coefficient (Wildman–Crippen LogP) is 5.80. The van der Waals surface area contributed by atoms with Crippen molar-refractivity contribution in [1.29, 1.82) is 5.26 Å². The van der Waals surface area contributed by atoms with Crippen LogP contribution in [0, 0.1) is 28.4 Å². The van der Waals surface area contributed by atoms with Gasteiger partial charge in [-0.2, -0.15) is 5.26 Å². The highest BCUT2D eigenvalue weighted by atomic mass is 35.5. The van der Waals surface area contributed by atoms with Gasteiger partial charge in [0.2, 0.25) is 0 Å². The molecule has 9 heteroatoms. The smallest absolute Gasteiger partial charge is 0.156 e. The minimum Gasteiger partial charge on any atom is -0.289 e. The number of halogens is 4. The van der Waals surface area contributed by atoms with Crippen molar-refractivity contribution in [3.63, 3.8) is 0 Å². The van der Waals surface area contributed by atoms with E-state index in [-0.39, 0.29) is 24.7 Å². The molecular weight excluding hydrogens is 501 g/mol. The van der Waals surface area contributed by atoms with Gasteiger partial charge in [0.25, 0.3) is 0 Å². The van der Waals surface area contributed by atoms with E-state index in [0.29, 0.717) is 16.1 Å². The molecule has 0 saturated carbocycles. The highest BCUT2D eigenvalue weighted by Gasteiger charge is 2.49. The molecule has 0 aromatic heterocycles. The summed E-state index contributed by atoms with van der Waals surface area (Å²) in [6.45, 7) is 0.437. The molecule has 176 valence electrons. The molecule has 4 rings (SSSR count). The van der Waals surface area contributed by atoms with Gasteiger partial charge in [0, 0.05) is 29.2 Å². The first kappa shape index (κ1) is 24.6. The Hall–Kier alpha value is -2.50. The molecule has 0 amide bonds. The molecule has 0 N–H and O–H groups in total. The van der Waals surface area contributed by atoms with Gasteiger partial charge < -0.3 is 0 Å². The van der Waals surface area contributed by atoms with Crippen molar-refractivity contribution < 1.29 is 17.2 Å². The maximum atomic E-state index is 13.5. The van der Waals surface area contributed by atoms with E-state index >= 15 is 0 Å². The molecule has 3 aromatic rings. The molecule has 0 spiro atoms. The fraction of sp³-hybridized carbons (Fsp3) is 0.240. The number of likely N-dealkylation sites (tertiary alicyclic amines) is 1. The van der Waals surface area contributed by atoms with Crippen molar-refractivity contribution in [3.05, 3.63) is 105 Å². The van der Waals surface area contributed by atoms with Crippen molar-refractivity contribution in [3.8, 4) is 6.07 Å². The van der Waals surface area contributed by atoms with E-state index in [9.17, 15) is 22.5 Å². The Morgan fingerprint density at radius 3 is 1.82 bits per heavy atom. The second-order valence-electron chi connectivity index (χ2n) is 8.61. The van der Waals surface area contributed by atoms with E-state index in [0.717, 1.165) is 23.3 Å². The molecule has 0 radical (unpaired) electrons. The summed E-state index contributed by atoms with van der Waals surface area (Å²) in [4.78, 5) is 2.02. The molecule has 0 unspecified atom stereocenters. The average Bonchev–Trinajstić information content (AvgIpc) is 2.73. The topological polar surface area (TPSA) is 61.2 Å². The molecule has 4 nitrogen and oxygen atoms in total. The second kappa shape index (κ2) is 9.63. The van der Waals surface area contributed by atoms with Crippen LogP contribution < -0.4 is 0 Å². The van der Waals surface area contributed by atoms with Gasteiger partial charge in [-0.3, -0.25) is 4.90 Å². The average molecular weight is 521 g/mol. The Bertz CT molecular complexity index is 1270. The summed E-state index contributed by atoms with van der Waals surface area (Å²) in [5, 5.41) is 11.1. The molecule has 1 aliphatic rings. The van der Waals surface area contributed by atoms with E-state index in [1.165, 1.54) is 0 Å². The summed E-state index contributed by atoms with van der Waals surface area (Å²) in [5.41, 5.74) is 0.775. The van der Waals surface area contributed by atoms with Crippen LogP contribution in [0.1, 0.15) is 22.7 Å². The lowest BCUT2D eigenvalue weighted by atomic mass is 9.80. The van der Waals surface area contributed by atoms with Crippen LogP contribution in [0.4, 0.5) is 8.78 Å². The summed E-state index contributed by atoms with van der Waals surface area (Å²) in [5.74, 6) is -2.63. The maximum Gasteiger partial charge on any atom is 0.156 e. The summed E-state index contributed by atoms with van der Waals surface area (Å²) < 4.78 is 52.6. The van der Waals surface area contributed by atoms with E-state index in [2.05, 4.69) is 6.07 Å². The lowest BCUT2D eigenvalue weighted by Crippen LogP contribution is -2.59. The standard InChI is InChI=1S/C25H20Cl2F2N2O2S/c26-20-5-1-18(2-6-20)24(19-3-7-21(27)8-4-19)31-14-25(13-30,15-31)16-34(32,33)12-17-9-22(28)11-23(29)10-17/h1-11,24H,12,14-16H2. The minimum absolute atomic E-state index is 0.0157. The molecule has 0 bridgehead atoms. The summed E-state index contributed by atoms with van der Waals surface area (Å²) >= 11 is 12.1. The summed E-state index contributed by atoms with van der Waals surface area (Å²) in [7, 11) is -3.81. The normalized spacial score (nSPS) is 15.6. The quantitative estimate of drug-likeness (QED) is 0.394. The number of sulfone groups is 1. The van der Waals surface area contributed by atoms with Gasteiger partial charge in [0.05, 0.1) is 29.0 Å². The lowest BCUT2D eigenvalue weighted by molar-refractivity contribution is 0.0345. The van der Waals surface area contributed by atoms with Gasteiger partial charge in [-0.05, 0) is 53.1 Å². The number of rotatable bonds is 7. The highest BCUT2D eigenvalue weighted by Crippen LogP contribution is 2.41. The molecule has 1 aliphatic heterocycles. The van der Waals surface area contributed by atoms with Gasteiger partial charge in [0.15, 0.2) is 9.84 Å². The van der Waals surface area contributed by atoms with Crippen LogP contribution in [-0.2, 0) is 15.6 Å². The van der Waals surface area contributed by atoms with E-state index < -0.39 is 38.4 Å². The van der Waals surface area contributed by atoms with Crippen LogP contribution in [0.25, 0.3) is 0 Å². The van der Waals surface area contributed by atoms with Gasteiger partial charge in [-0.1, -0.05) is 47.5 Å². The zero-order valence-electron chi connectivity index (χ0n) is 17.9. The summed E-state index contributed by atoms with van der Waals surface area (Å²) in [6, 6.07) is 19.3. The monoisotopic (exact) mass is 520 g/mol. The number of hydrogen-bond donors (Lipinski definition) is 0. The molecule has 1 heterocycles. The minimum atomic E-state index is -3.81. The van der Waals surface area contributed by atoms with E-state index in [1.54, 1.807) is 24.3 Å². The highest BCUT2D eigenvalue weighted by molar-refractivity contribution is 7.90. The Balaban J connectivity index is 1.55. The van der Waals surface area contributed by atoms with Gasteiger partial charge in [-0.15, -0.1) is 0 Å². The first-order valence-corrected chi connectivity index (χ1v) is 13.0. The number of nitriles is 1. The van der Waals surface area contributed by atoms with Gasteiger partial charge >= 0.3 is 0 Å². The Kier molecular flexibility index (Phi) is 6.97. The third kappa shape index (κ3) is 5.59. The fourth-order valence-electron chi connectivity index (χ4n) is 4.43. The first-order valence-electron chi connectivity index (χ1n) is 10.4. The van der Waals surface area contributed by atoms with E-state index in [4.69, 9.17) is 23.2 Å². The van der Waals surface area contributed by atoms with E-state index in [1.807, 2.05) is 29.2 Å². The maximum absolute atomic E-state index is 13.5. The number of hydrogen-bond acceptors (Lipinski definition) is 4. The number of benzene rings is 3. The molecular formula is C25H20Cl2F2N2O2S.